The molecule has 154 valence electrons. The van der Waals surface area contributed by atoms with E-state index in [1.165, 1.54) is 12.1 Å². The van der Waals surface area contributed by atoms with E-state index < -0.39 is 5.97 Å². The maximum absolute atomic E-state index is 14.0. The number of halogens is 2. The van der Waals surface area contributed by atoms with E-state index in [1.54, 1.807) is 17.4 Å². The van der Waals surface area contributed by atoms with Gasteiger partial charge in [-0.2, -0.15) is 0 Å². The van der Waals surface area contributed by atoms with E-state index in [4.69, 9.17) is 16.6 Å². The molecule has 8 heteroatoms. The monoisotopic (exact) mass is 443 g/mol. The third-order valence-electron chi connectivity index (χ3n) is 5.88. The van der Waals surface area contributed by atoms with Gasteiger partial charge in [0.1, 0.15) is 12.4 Å². The van der Waals surface area contributed by atoms with E-state index in [-0.39, 0.29) is 18.4 Å². The summed E-state index contributed by atoms with van der Waals surface area (Å²) in [5.41, 5.74) is 3.74. The maximum atomic E-state index is 14.0. The van der Waals surface area contributed by atoms with Crippen LogP contribution in [0.4, 0.5) is 9.52 Å². The van der Waals surface area contributed by atoms with Crippen LogP contribution in [0.5, 0.6) is 0 Å². The summed E-state index contributed by atoms with van der Waals surface area (Å²) in [6.45, 7) is -0.114. The minimum Gasteiger partial charge on any atom is -0.480 e. The van der Waals surface area contributed by atoms with Crippen molar-refractivity contribution in [3.8, 4) is 0 Å². The summed E-state index contributed by atoms with van der Waals surface area (Å²) < 4.78 is 16.9. The van der Waals surface area contributed by atoms with Gasteiger partial charge < -0.3 is 14.6 Å². The molecule has 0 amide bonds. The van der Waals surface area contributed by atoms with Crippen LogP contribution in [0.2, 0.25) is 5.02 Å². The first kappa shape index (κ1) is 19.3. The molecule has 2 aromatic carbocycles. The molecular weight excluding hydrogens is 425 g/mol. The van der Waals surface area contributed by atoms with Crippen molar-refractivity contribution in [3.05, 3.63) is 58.5 Å². The van der Waals surface area contributed by atoms with Crippen molar-refractivity contribution in [1.82, 2.24) is 9.55 Å². The van der Waals surface area contributed by atoms with Crippen LogP contribution in [0.15, 0.2) is 36.4 Å². The van der Waals surface area contributed by atoms with Crippen LogP contribution >= 0.6 is 22.9 Å². The highest BCUT2D eigenvalue weighted by atomic mass is 35.5. The van der Waals surface area contributed by atoms with Crippen LogP contribution in [-0.4, -0.2) is 33.7 Å². The molecule has 1 aliphatic carbocycles. The lowest BCUT2D eigenvalue weighted by molar-refractivity contribution is -0.137. The molecular formula is C22H19ClFN3O2S. The van der Waals surface area contributed by atoms with Gasteiger partial charge in [0.25, 0.3) is 0 Å². The summed E-state index contributed by atoms with van der Waals surface area (Å²) in [5, 5.41) is 11.8. The number of carboxylic acids is 1. The van der Waals surface area contributed by atoms with Gasteiger partial charge in [-0.05, 0) is 61.2 Å². The zero-order chi connectivity index (χ0) is 21.0. The molecule has 2 aromatic heterocycles. The first-order valence-corrected chi connectivity index (χ1v) is 10.9. The Bertz CT molecular complexity index is 1300. The maximum Gasteiger partial charge on any atom is 0.323 e. The van der Waals surface area contributed by atoms with Gasteiger partial charge in [-0.1, -0.05) is 22.9 Å². The van der Waals surface area contributed by atoms with E-state index in [1.807, 2.05) is 29.8 Å². The minimum absolute atomic E-state index is 0.114. The summed E-state index contributed by atoms with van der Waals surface area (Å²) in [5.74, 6) is -1.21. The number of anilines is 1. The number of aliphatic carboxylic acids is 1. The average Bonchev–Trinajstić information content (AvgIpc) is 3.26. The smallest absolute Gasteiger partial charge is 0.323 e. The van der Waals surface area contributed by atoms with Crippen LogP contribution < -0.4 is 4.90 Å². The summed E-state index contributed by atoms with van der Waals surface area (Å²) in [6, 6.07) is 10.5. The zero-order valence-corrected chi connectivity index (χ0v) is 17.8. The molecule has 0 bridgehead atoms. The number of benzene rings is 2. The van der Waals surface area contributed by atoms with Gasteiger partial charge in [-0.15, -0.1) is 0 Å². The molecule has 1 unspecified atom stereocenters. The molecule has 1 N–H and O–H groups in total. The van der Waals surface area contributed by atoms with E-state index in [0.29, 0.717) is 5.02 Å². The highest BCUT2D eigenvalue weighted by Crippen LogP contribution is 2.37. The summed E-state index contributed by atoms with van der Waals surface area (Å²) in [7, 11) is 2.03. The normalized spacial score (nSPS) is 16.2. The molecule has 0 saturated heterocycles. The molecule has 0 radical (unpaired) electrons. The van der Waals surface area contributed by atoms with Gasteiger partial charge in [0, 0.05) is 34.7 Å². The molecule has 2 heterocycles. The predicted molar refractivity (Wildman–Crippen MR) is 118 cm³/mol. The Morgan fingerprint density at radius 3 is 3.00 bits per heavy atom. The SMILES string of the molecule is CN(c1nc2ccc(Cl)cc2s1)C1CCc2c(c3cc(F)ccc3n2CC(=O)O)C1. The number of rotatable bonds is 4. The number of carbonyl (C=O) groups is 1. The fourth-order valence-electron chi connectivity index (χ4n) is 4.44. The number of fused-ring (bicyclic) bond motifs is 4. The number of carboxylic acid groups (broad SMARTS) is 1. The van der Waals surface area contributed by atoms with Crippen molar-refractivity contribution in [2.45, 2.75) is 31.8 Å². The molecule has 1 aliphatic rings. The molecule has 1 atom stereocenters. The van der Waals surface area contributed by atoms with Gasteiger partial charge in [-0.3, -0.25) is 4.79 Å². The molecule has 0 saturated carbocycles. The fourth-order valence-corrected chi connectivity index (χ4v) is 5.72. The summed E-state index contributed by atoms with van der Waals surface area (Å²) in [4.78, 5) is 18.3. The molecule has 5 nitrogen and oxygen atoms in total. The third kappa shape index (κ3) is 3.22. The second-order valence-electron chi connectivity index (χ2n) is 7.68. The Morgan fingerprint density at radius 1 is 1.37 bits per heavy atom. The van der Waals surface area contributed by atoms with Crippen molar-refractivity contribution in [3.63, 3.8) is 0 Å². The van der Waals surface area contributed by atoms with Crippen LogP contribution in [0.25, 0.3) is 21.1 Å². The second kappa shape index (κ2) is 7.25. The second-order valence-corrected chi connectivity index (χ2v) is 9.13. The zero-order valence-electron chi connectivity index (χ0n) is 16.2. The minimum atomic E-state index is -0.897. The van der Waals surface area contributed by atoms with Crippen LogP contribution in [0.3, 0.4) is 0 Å². The van der Waals surface area contributed by atoms with E-state index in [0.717, 1.165) is 56.8 Å². The molecule has 30 heavy (non-hydrogen) atoms. The fraction of sp³-hybridized carbons (Fsp3) is 0.273. The van der Waals surface area contributed by atoms with Crippen LogP contribution in [0, 0.1) is 5.82 Å². The third-order valence-corrected chi connectivity index (χ3v) is 7.23. The number of nitrogens with zero attached hydrogens (tertiary/aromatic N) is 3. The van der Waals surface area contributed by atoms with Gasteiger partial charge in [-0.25, -0.2) is 9.37 Å². The van der Waals surface area contributed by atoms with E-state index >= 15 is 0 Å². The Hall–Kier alpha value is -2.64. The van der Waals surface area contributed by atoms with E-state index in [9.17, 15) is 14.3 Å². The quantitative estimate of drug-likeness (QED) is 0.475. The number of hydrogen-bond acceptors (Lipinski definition) is 4. The van der Waals surface area contributed by atoms with Gasteiger partial charge in [0.05, 0.1) is 10.2 Å². The first-order valence-electron chi connectivity index (χ1n) is 9.71. The van der Waals surface area contributed by atoms with Gasteiger partial charge >= 0.3 is 5.97 Å². The lowest BCUT2D eigenvalue weighted by Gasteiger charge is -2.31. The number of thiazole rings is 1. The summed E-state index contributed by atoms with van der Waals surface area (Å²) >= 11 is 7.71. The first-order chi connectivity index (χ1) is 14.4. The lowest BCUT2D eigenvalue weighted by Crippen LogP contribution is -2.36. The Morgan fingerprint density at radius 2 is 2.20 bits per heavy atom. The van der Waals surface area contributed by atoms with Gasteiger partial charge in [0.15, 0.2) is 5.13 Å². The topological polar surface area (TPSA) is 58.4 Å². The highest BCUT2D eigenvalue weighted by molar-refractivity contribution is 7.22. The predicted octanol–water partition coefficient (Wildman–Crippen LogP) is 5.12. The lowest BCUT2D eigenvalue weighted by atomic mass is 9.90. The van der Waals surface area contributed by atoms with Crippen molar-refractivity contribution in [2.75, 3.05) is 11.9 Å². The Kier molecular flexibility index (Phi) is 4.67. The highest BCUT2D eigenvalue weighted by Gasteiger charge is 2.29. The van der Waals surface area contributed by atoms with Crippen molar-refractivity contribution < 1.29 is 14.3 Å². The molecule has 5 rings (SSSR count). The molecule has 0 fully saturated rings. The Labute approximate surface area is 181 Å². The van der Waals surface area contributed by atoms with Crippen molar-refractivity contribution in [1.29, 1.82) is 0 Å². The molecule has 0 aliphatic heterocycles. The molecule has 4 aromatic rings. The van der Waals surface area contributed by atoms with Crippen molar-refractivity contribution in [2.24, 2.45) is 0 Å². The van der Waals surface area contributed by atoms with Crippen LogP contribution in [-0.2, 0) is 24.2 Å². The number of likely N-dealkylation sites (N-methyl/N-ethyl adjacent to an activating group) is 1. The number of aromatic nitrogens is 2. The van der Waals surface area contributed by atoms with E-state index in [2.05, 4.69) is 4.90 Å². The molecule has 0 spiro atoms. The van der Waals surface area contributed by atoms with Crippen LogP contribution in [0.1, 0.15) is 17.7 Å². The summed E-state index contributed by atoms with van der Waals surface area (Å²) in [6.07, 6.45) is 2.33. The average molecular weight is 444 g/mol. The number of hydrogen-bond donors (Lipinski definition) is 1. The Balaban J connectivity index is 1.52. The largest absolute Gasteiger partial charge is 0.480 e. The van der Waals surface area contributed by atoms with Crippen molar-refractivity contribution >= 4 is 55.2 Å². The standard InChI is InChI=1S/C22H19ClFN3O2S/c1-26(22-25-17-5-2-12(23)8-20(17)30-22)14-4-7-19-16(10-14)15-9-13(24)3-6-18(15)27(19)11-21(28)29/h2-3,5-6,8-9,14H,4,7,10-11H2,1H3,(H,28,29). The van der Waals surface area contributed by atoms with Gasteiger partial charge in [0.2, 0.25) is 0 Å².